The molecule has 0 unspecified atom stereocenters. The lowest BCUT2D eigenvalue weighted by atomic mass is 9.90. The summed E-state index contributed by atoms with van der Waals surface area (Å²) < 4.78 is 6.33. The first-order valence-corrected chi connectivity index (χ1v) is 10.5. The van der Waals surface area contributed by atoms with E-state index in [1.165, 1.54) is 5.75 Å². The van der Waals surface area contributed by atoms with Gasteiger partial charge in [-0.3, -0.25) is 0 Å². The Labute approximate surface area is 142 Å². The molecule has 3 heterocycles. The fourth-order valence-corrected chi connectivity index (χ4v) is 5.98. The van der Waals surface area contributed by atoms with Gasteiger partial charge in [0, 0.05) is 42.0 Å². The summed E-state index contributed by atoms with van der Waals surface area (Å²) >= 11 is 3.96. The minimum atomic E-state index is 0.0392. The minimum absolute atomic E-state index is 0.0392. The number of carbonyl (C=O) groups is 1. The molecule has 2 amide bonds. The summed E-state index contributed by atoms with van der Waals surface area (Å²) in [6.07, 6.45) is 4.14. The Hall–Kier alpha value is -0.0700. The summed E-state index contributed by atoms with van der Waals surface area (Å²) in [6, 6.07) is 0.412. The zero-order valence-electron chi connectivity index (χ0n) is 13.7. The van der Waals surface area contributed by atoms with Crippen LogP contribution in [-0.4, -0.2) is 64.3 Å². The van der Waals surface area contributed by atoms with Crippen molar-refractivity contribution in [3.05, 3.63) is 0 Å². The Bertz CT molecular complexity index is 411. The van der Waals surface area contributed by atoms with Crippen LogP contribution in [0.15, 0.2) is 0 Å². The normalized spacial score (nSPS) is 35.4. The van der Waals surface area contributed by atoms with Crippen LogP contribution in [0.2, 0.25) is 0 Å². The molecule has 1 N–H and O–H groups in total. The summed E-state index contributed by atoms with van der Waals surface area (Å²) in [4.78, 5) is 14.6. The monoisotopic (exact) mass is 344 g/mol. The zero-order valence-corrected chi connectivity index (χ0v) is 15.4. The average molecular weight is 345 g/mol. The smallest absolute Gasteiger partial charge is 0.317 e. The van der Waals surface area contributed by atoms with Crippen LogP contribution in [0, 0.1) is 0 Å². The Morgan fingerprint density at radius 2 is 2.14 bits per heavy atom. The Balaban J connectivity index is 1.52. The van der Waals surface area contributed by atoms with Crippen molar-refractivity contribution in [3.8, 4) is 0 Å². The summed E-state index contributed by atoms with van der Waals surface area (Å²) in [5.41, 5.74) is 0.0392. The van der Waals surface area contributed by atoms with Crippen LogP contribution >= 0.6 is 23.5 Å². The molecule has 1 spiro atoms. The molecule has 0 radical (unpaired) electrons. The minimum Gasteiger partial charge on any atom is -0.374 e. The highest BCUT2D eigenvalue weighted by Gasteiger charge is 2.41. The summed E-state index contributed by atoms with van der Waals surface area (Å²) in [5.74, 6) is 3.32. The number of thioether (sulfide) groups is 2. The zero-order chi connectivity index (χ0) is 15.6. The number of nitrogens with one attached hydrogen (secondary N) is 1. The highest BCUT2D eigenvalue weighted by molar-refractivity contribution is 8.00. The first-order valence-electron chi connectivity index (χ1n) is 8.39. The fourth-order valence-electron chi connectivity index (χ4n) is 3.50. The van der Waals surface area contributed by atoms with E-state index in [1.807, 2.05) is 28.4 Å². The van der Waals surface area contributed by atoms with Gasteiger partial charge in [0.1, 0.15) is 0 Å². The number of hydrogen-bond donors (Lipinski definition) is 1. The van der Waals surface area contributed by atoms with E-state index in [4.69, 9.17) is 4.74 Å². The van der Waals surface area contributed by atoms with Gasteiger partial charge in [0.05, 0.1) is 5.60 Å². The average Bonchev–Trinajstić information content (AvgIpc) is 2.81. The van der Waals surface area contributed by atoms with Gasteiger partial charge < -0.3 is 15.0 Å². The third-order valence-electron chi connectivity index (χ3n) is 5.01. The van der Waals surface area contributed by atoms with E-state index in [2.05, 4.69) is 19.2 Å². The van der Waals surface area contributed by atoms with Crippen LogP contribution in [0.5, 0.6) is 0 Å². The van der Waals surface area contributed by atoms with E-state index in [0.29, 0.717) is 4.75 Å². The lowest BCUT2D eigenvalue weighted by molar-refractivity contribution is -0.0688. The lowest BCUT2D eigenvalue weighted by Gasteiger charge is -2.38. The van der Waals surface area contributed by atoms with E-state index < -0.39 is 0 Å². The van der Waals surface area contributed by atoms with Crippen LogP contribution in [0.1, 0.15) is 39.5 Å². The molecule has 3 aliphatic heterocycles. The topological polar surface area (TPSA) is 41.6 Å². The quantitative estimate of drug-likeness (QED) is 0.794. The molecule has 3 aliphatic rings. The highest BCUT2D eigenvalue weighted by atomic mass is 32.2. The molecule has 3 saturated heterocycles. The molecule has 0 aliphatic carbocycles. The number of rotatable bonds is 1. The van der Waals surface area contributed by atoms with Crippen LogP contribution in [0.25, 0.3) is 0 Å². The van der Waals surface area contributed by atoms with Crippen molar-refractivity contribution < 1.29 is 9.53 Å². The molecule has 0 saturated carbocycles. The predicted octanol–water partition coefficient (Wildman–Crippen LogP) is 2.97. The molecule has 0 bridgehead atoms. The predicted molar refractivity (Wildman–Crippen MR) is 94.9 cm³/mol. The number of amides is 2. The van der Waals surface area contributed by atoms with Gasteiger partial charge in [0.15, 0.2) is 0 Å². The number of hydrogen-bond acceptors (Lipinski definition) is 4. The number of urea groups is 1. The highest BCUT2D eigenvalue weighted by Crippen LogP contribution is 2.38. The molecule has 2 atom stereocenters. The molecule has 126 valence electrons. The van der Waals surface area contributed by atoms with E-state index in [-0.39, 0.29) is 17.7 Å². The van der Waals surface area contributed by atoms with Gasteiger partial charge in [-0.05, 0) is 31.4 Å². The van der Waals surface area contributed by atoms with Crippen molar-refractivity contribution in [1.29, 1.82) is 0 Å². The van der Waals surface area contributed by atoms with E-state index in [9.17, 15) is 4.79 Å². The maximum atomic E-state index is 12.6. The van der Waals surface area contributed by atoms with E-state index in [1.54, 1.807) is 0 Å². The standard InChI is InChI=1S/C16H28N2O2S2/c1-15(2)4-6-18(7-10-22-15)14(19)17-13-3-8-20-16(11-13)5-9-21-12-16/h13H,3-12H2,1-2H3,(H,17,19)/t13-,16-/m1/s1. The largest absolute Gasteiger partial charge is 0.374 e. The van der Waals surface area contributed by atoms with Crippen LogP contribution < -0.4 is 5.32 Å². The number of carbonyl (C=O) groups excluding carboxylic acids is 1. The molecule has 4 nitrogen and oxygen atoms in total. The third-order valence-corrected chi connectivity index (χ3v) is 7.61. The maximum absolute atomic E-state index is 12.6. The number of ether oxygens (including phenoxy) is 1. The third kappa shape index (κ3) is 4.06. The van der Waals surface area contributed by atoms with Gasteiger partial charge in [-0.1, -0.05) is 13.8 Å². The van der Waals surface area contributed by atoms with Gasteiger partial charge in [-0.2, -0.15) is 23.5 Å². The van der Waals surface area contributed by atoms with Crippen molar-refractivity contribution in [2.45, 2.75) is 55.9 Å². The summed E-state index contributed by atoms with van der Waals surface area (Å²) in [5, 5.41) is 3.28. The van der Waals surface area contributed by atoms with Crippen molar-refractivity contribution in [2.24, 2.45) is 0 Å². The maximum Gasteiger partial charge on any atom is 0.317 e. The van der Waals surface area contributed by atoms with E-state index >= 15 is 0 Å². The van der Waals surface area contributed by atoms with Crippen molar-refractivity contribution in [3.63, 3.8) is 0 Å². The number of nitrogens with zero attached hydrogens (tertiary/aromatic N) is 1. The Morgan fingerprint density at radius 1 is 1.27 bits per heavy atom. The second kappa shape index (κ2) is 6.81. The molecule has 3 fully saturated rings. The van der Waals surface area contributed by atoms with Gasteiger partial charge in [-0.15, -0.1) is 0 Å². The van der Waals surface area contributed by atoms with Crippen molar-refractivity contribution >= 4 is 29.6 Å². The van der Waals surface area contributed by atoms with Crippen LogP contribution in [0.3, 0.4) is 0 Å². The first kappa shape index (κ1) is 16.8. The second-order valence-corrected chi connectivity index (χ2v) is 10.2. The lowest BCUT2D eigenvalue weighted by Crippen LogP contribution is -2.52. The Kier molecular flexibility index (Phi) is 5.20. The molecule has 22 heavy (non-hydrogen) atoms. The molecule has 3 rings (SSSR count). The van der Waals surface area contributed by atoms with Crippen LogP contribution in [-0.2, 0) is 4.74 Å². The van der Waals surface area contributed by atoms with Gasteiger partial charge >= 0.3 is 6.03 Å². The SMILES string of the molecule is CC1(C)CCN(C(=O)N[C@@H]2CCO[C@]3(CCSC3)C2)CCS1. The Morgan fingerprint density at radius 3 is 2.91 bits per heavy atom. The van der Waals surface area contributed by atoms with Crippen molar-refractivity contribution in [2.75, 3.05) is 37.0 Å². The molecule has 0 aromatic heterocycles. The molecular weight excluding hydrogens is 316 g/mol. The fraction of sp³-hybridized carbons (Fsp3) is 0.938. The van der Waals surface area contributed by atoms with Gasteiger partial charge in [-0.25, -0.2) is 4.79 Å². The van der Waals surface area contributed by atoms with Crippen LogP contribution in [0.4, 0.5) is 4.79 Å². The second-order valence-electron chi connectivity index (χ2n) is 7.32. The van der Waals surface area contributed by atoms with E-state index in [0.717, 1.165) is 56.9 Å². The summed E-state index contributed by atoms with van der Waals surface area (Å²) in [7, 11) is 0. The first-order chi connectivity index (χ1) is 10.5. The van der Waals surface area contributed by atoms with Gasteiger partial charge in [0.25, 0.3) is 0 Å². The van der Waals surface area contributed by atoms with Crippen molar-refractivity contribution in [1.82, 2.24) is 10.2 Å². The molecule has 6 heteroatoms. The molecule has 0 aromatic carbocycles. The van der Waals surface area contributed by atoms with Gasteiger partial charge in [0.2, 0.25) is 0 Å². The summed E-state index contributed by atoms with van der Waals surface area (Å²) in [6.45, 7) is 7.08. The molecule has 0 aromatic rings. The molecular formula is C16H28N2O2S2.